The van der Waals surface area contributed by atoms with Crippen molar-refractivity contribution >= 4 is 25.0 Å². The predicted molar refractivity (Wildman–Crippen MR) is 147 cm³/mol. The van der Waals surface area contributed by atoms with Crippen LogP contribution in [0.2, 0.25) is 54.9 Å². The van der Waals surface area contributed by atoms with E-state index < -0.39 is 25.0 Å². The molecular weight excluding hydrogens is 433 g/mol. The van der Waals surface area contributed by atoms with Gasteiger partial charge in [0.25, 0.3) is 0 Å². The maximum Gasteiger partial charge on any atom is 0.195 e. The topological polar surface area (TPSA) is 27.7 Å². The lowest BCUT2D eigenvalue weighted by Gasteiger charge is -2.53. The molecule has 0 aliphatic heterocycles. The predicted octanol–water partition coefficient (Wildman–Crippen LogP) is 8.98. The summed E-state index contributed by atoms with van der Waals surface area (Å²) in [5, 5.41) is 0.195. The maximum atomic E-state index is 7.31. The van der Waals surface area contributed by atoms with Crippen LogP contribution in [0.5, 0.6) is 0 Å². The minimum atomic E-state index is -2.14. The number of hydrogen-bond acceptors (Lipinski definition) is 3. The van der Waals surface area contributed by atoms with Gasteiger partial charge in [-0.1, -0.05) is 54.9 Å². The van der Waals surface area contributed by atoms with Gasteiger partial charge < -0.3 is 13.3 Å². The summed E-state index contributed by atoms with van der Waals surface area (Å²) < 4.78 is 20.7. The molecule has 0 aromatic heterocycles. The molecule has 0 fully saturated rings. The molecule has 0 aliphatic carbocycles. The second-order valence-electron chi connectivity index (χ2n) is 13.4. The van der Waals surface area contributed by atoms with Crippen LogP contribution in [0.3, 0.4) is 0 Å². The van der Waals surface area contributed by atoms with E-state index in [0.717, 1.165) is 12.8 Å². The molecule has 0 saturated heterocycles. The monoisotopic (exact) mass is 490 g/mol. The molecule has 0 heterocycles. The van der Waals surface area contributed by atoms with Gasteiger partial charge in [-0.25, -0.2) is 0 Å². The first-order valence-electron chi connectivity index (χ1n) is 12.5. The van der Waals surface area contributed by atoms with E-state index in [1.54, 1.807) is 0 Å². The Morgan fingerprint density at radius 3 is 1.52 bits per heavy atom. The third-order valence-electron chi connectivity index (χ3n) is 8.58. The molecule has 3 unspecified atom stereocenters. The first-order chi connectivity index (χ1) is 13.5. The van der Waals surface area contributed by atoms with Crippen LogP contribution >= 0.6 is 0 Å². The quantitative estimate of drug-likeness (QED) is 0.255. The molecule has 0 saturated carbocycles. The van der Waals surface area contributed by atoms with Crippen molar-refractivity contribution in [2.45, 2.75) is 162 Å². The Kier molecular flexibility index (Phi) is 10.6. The first kappa shape index (κ1) is 31.5. The fourth-order valence-corrected chi connectivity index (χ4v) is 11.9. The molecule has 0 amide bonds. The summed E-state index contributed by atoms with van der Waals surface area (Å²) in [6, 6.07) is 0. The van der Waals surface area contributed by atoms with Crippen LogP contribution in [0.15, 0.2) is 0 Å². The first-order valence-corrected chi connectivity index (χ1v) is 21.3. The van der Waals surface area contributed by atoms with Crippen LogP contribution in [0.25, 0.3) is 0 Å². The van der Waals surface area contributed by atoms with E-state index in [-0.39, 0.29) is 27.9 Å². The highest BCUT2D eigenvalue weighted by atomic mass is 28.4. The van der Waals surface area contributed by atoms with E-state index in [9.17, 15) is 0 Å². The zero-order valence-corrected chi connectivity index (χ0v) is 27.4. The van der Waals surface area contributed by atoms with Crippen LogP contribution in [0.4, 0.5) is 0 Å². The van der Waals surface area contributed by atoms with Gasteiger partial charge in [0.2, 0.25) is 0 Å². The van der Waals surface area contributed by atoms with Crippen LogP contribution in [-0.2, 0) is 13.3 Å². The summed E-state index contributed by atoms with van der Waals surface area (Å²) in [5.74, 6) is 0. The number of rotatable bonds is 12. The summed E-state index contributed by atoms with van der Waals surface area (Å²) in [7, 11) is -5.91. The van der Waals surface area contributed by atoms with E-state index in [0.29, 0.717) is 5.54 Å². The average Bonchev–Trinajstić information content (AvgIpc) is 2.50. The van der Waals surface area contributed by atoms with E-state index >= 15 is 0 Å². The molecule has 3 atom stereocenters. The van der Waals surface area contributed by atoms with Gasteiger partial charge in [0.05, 0.1) is 5.60 Å². The van der Waals surface area contributed by atoms with Gasteiger partial charge in [0.1, 0.15) is 0 Å². The van der Waals surface area contributed by atoms with Gasteiger partial charge in [0, 0.05) is 22.8 Å². The summed E-state index contributed by atoms with van der Waals surface area (Å²) in [6.45, 7) is 39.5. The minimum Gasteiger partial charge on any atom is -0.415 e. The molecule has 0 aromatic rings. The molecule has 0 aliphatic rings. The molecule has 31 heavy (non-hydrogen) atoms. The Balaban J connectivity index is 5.93. The van der Waals surface area contributed by atoms with Gasteiger partial charge in [-0.05, 0) is 78.4 Å². The molecular formula is C25H58O3Si3. The van der Waals surface area contributed by atoms with Gasteiger partial charge in [-0.15, -0.1) is 0 Å². The van der Waals surface area contributed by atoms with Crippen molar-refractivity contribution in [3.63, 3.8) is 0 Å². The Hall–Kier alpha value is 0.531. The molecule has 0 bridgehead atoms. The third-order valence-corrected chi connectivity index (χ3v) is 21.4. The largest absolute Gasteiger partial charge is 0.415 e. The molecule has 3 nitrogen and oxygen atoms in total. The Bertz CT molecular complexity index is 565. The molecule has 188 valence electrons. The maximum absolute atomic E-state index is 7.31. The van der Waals surface area contributed by atoms with Crippen molar-refractivity contribution in [1.82, 2.24) is 0 Å². The fourth-order valence-electron chi connectivity index (χ4n) is 4.27. The SMILES string of the molecule is CCCC(C)(O[Si](C)(C)C(C)(C)C(C)O[Si](C)(C)C(C)(C)C)C(C)[Si](C)(C)OC(C)C. The smallest absolute Gasteiger partial charge is 0.195 e. The average molecular weight is 491 g/mol. The van der Waals surface area contributed by atoms with Crippen molar-refractivity contribution in [3.8, 4) is 0 Å². The van der Waals surface area contributed by atoms with Gasteiger partial charge in [-0.2, -0.15) is 0 Å². The second kappa shape index (κ2) is 10.4. The Labute approximate surface area is 199 Å². The number of hydrogen-bond donors (Lipinski definition) is 0. The normalized spacial score (nSPS) is 18.8. The van der Waals surface area contributed by atoms with Crippen molar-refractivity contribution < 1.29 is 13.3 Å². The molecule has 0 rings (SSSR count). The van der Waals surface area contributed by atoms with Crippen LogP contribution < -0.4 is 0 Å². The summed E-state index contributed by atoms with van der Waals surface area (Å²) >= 11 is 0. The lowest BCUT2D eigenvalue weighted by Crippen LogP contribution is -2.59. The van der Waals surface area contributed by atoms with Crippen molar-refractivity contribution in [2.24, 2.45) is 0 Å². The van der Waals surface area contributed by atoms with Crippen molar-refractivity contribution in [3.05, 3.63) is 0 Å². The molecule has 0 N–H and O–H groups in total. The zero-order valence-electron chi connectivity index (χ0n) is 24.4. The molecule has 0 aromatic carbocycles. The van der Waals surface area contributed by atoms with E-state index in [2.05, 4.69) is 115 Å². The van der Waals surface area contributed by atoms with E-state index in [1.165, 1.54) is 0 Å². The van der Waals surface area contributed by atoms with Gasteiger partial charge in [0.15, 0.2) is 25.0 Å². The highest BCUT2D eigenvalue weighted by Gasteiger charge is 2.54. The van der Waals surface area contributed by atoms with Crippen LogP contribution in [0, 0.1) is 0 Å². The summed E-state index contributed by atoms with van der Waals surface area (Å²) in [6.07, 6.45) is 2.60. The highest BCUT2D eigenvalue weighted by molar-refractivity contribution is 6.76. The summed E-state index contributed by atoms with van der Waals surface area (Å²) in [4.78, 5) is 0. The third kappa shape index (κ3) is 7.78. The molecule has 0 radical (unpaired) electrons. The standard InChI is InChI=1S/C25H58O3Si3/c1-18-19-25(11,22(5)29(12,13)26-20(2)3)28-31(16,17)24(9,10)21(4)27-30(14,15)23(6,7)8/h20-22H,18-19H2,1-17H3. The Morgan fingerprint density at radius 2 is 1.16 bits per heavy atom. The lowest BCUT2D eigenvalue weighted by atomic mass is 9.97. The molecule has 6 heteroatoms. The second-order valence-corrected chi connectivity index (χ2v) is 27.0. The van der Waals surface area contributed by atoms with Gasteiger partial charge >= 0.3 is 0 Å². The Morgan fingerprint density at radius 1 is 0.710 bits per heavy atom. The molecule has 0 spiro atoms. The van der Waals surface area contributed by atoms with Crippen molar-refractivity contribution in [1.29, 1.82) is 0 Å². The van der Waals surface area contributed by atoms with Gasteiger partial charge in [-0.3, -0.25) is 0 Å². The minimum absolute atomic E-state index is 0.0121. The highest BCUT2D eigenvalue weighted by Crippen LogP contribution is 2.50. The van der Waals surface area contributed by atoms with E-state index in [4.69, 9.17) is 13.3 Å². The summed E-state index contributed by atoms with van der Waals surface area (Å²) in [5.41, 5.74) is 0.227. The van der Waals surface area contributed by atoms with Crippen molar-refractivity contribution in [2.75, 3.05) is 0 Å². The van der Waals surface area contributed by atoms with Crippen LogP contribution in [0.1, 0.15) is 89.0 Å². The fraction of sp³-hybridized carbons (Fsp3) is 1.00. The lowest BCUT2D eigenvalue weighted by molar-refractivity contribution is 0.0375. The zero-order chi connectivity index (χ0) is 25.3. The van der Waals surface area contributed by atoms with E-state index in [1.807, 2.05) is 0 Å². The van der Waals surface area contributed by atoms with Crippen LogP contribution in [-0.4, -0.2) is 42.8 Å².